The number of halogens is 2. The largest absolute Gasteiger partial charge is 0.103 e. The summed E-state index contributed by atoms with van der Waals surface area (Å²) in [6.45, 7) is 3.63. The SMILES string of the molecule is C=CCC[C@H](Br)CBr. The molecule has 0 aromatic carbocycles. The van der Waals surface area contributed by atoms with E-state index in [1.807, 2.05) is 6.08 Å². The number of alkyl halides is 2. The van der Waals surface area contributed by atoms with Gasteiger partial charge < -0.3 is 0 Å². The maximum Gasteiger partial charge on any atom is 0.0245 e. The van der Waals surface area contributed by atoms with E-state index < -0.39 is 0 Å². The van der Waals surface area contributed by atoms with Crippen molar-refractivity contribution in [1.29, 1.82) is 0 Å². The summed E-state index contributed by atoms with van der Waals surface area (Å²) in [5, 5.41) is 1.03. The van der Waals surface area contributed by atoms with Crippen LogP contribution in [0.3, 0.4) is 0 Å². The third kappa shape index (κ3) is 4.85. The van der Waals surface area contributed by atoms with Crippen LogP contribution < -0.4 is 0 Å². The van der Waals surface area contributed by atoms with Crippen molar-refractivity contribution in [2.45, 2.75) is 17.7 Å². The van der Waals surface area contributed by atoms with Crippen LogP contribution in [0.25, 0.3) is 0 Å². The molecule has 8 heavy (non-hydrogen) atoms. The van der Waals surface area contributed by atoms with Gasteiger partial charge >= 0.3 is 0 Å². The van der Waals surface area contributed by atoms with Crippen molar-refractivity contribution in [3.8, 4) is 0 Å². The van der Waals surface area contributed by atoms with Gasteiger partial charge in [-0.15, -0.1) is 6.58 Å². The predicted octanol–water partition coefficient (Wildman–Crippen LogP) is 3.11. The Labute approximate surface area is 67.6 Å². The number of rotatable bonds is 4. The first-order valence-electron chi connectivity index (χ1n) is 2.62. The molecule has 1 atom stereocenters. The second-order valence-electron chi connectivity index (χ2n) is 1.62. The minimum absolute atomic E-state index is 0.612. The number of hydrogen-bond donors (Lipinski definition) is 0. The first-order chi connectivity index (χ1) is 3.81. The van der Waals surface area contributed by atoms with Gasteiger partial charge in [0.2, 0.25) is 0 Å². The second-order valence-corrected chi connectivity index (χ2v) is 3.56. The molecule has 0 amide bonds. The molecule has 0 aliphatic heterocycles. The van der Waals surface area contributed by atoms with Gasteiger partial charge in [0, 0.05) is 10.2 Å². The summed E-state index contributed by atoms with van der Waals surface area (Å²) in [5.41, 5.74) is 0. The Morgan fingerprint density at radius 1 is 1.62 bits per heavy atom. The molecule has 48 valence electrons. The zero-order valence-electron chi connectivity index (χ0n) is 4.74. The van der Waals surface area contributed by atoms with E-state index in [1.54, 1.807) is 0 Å². The Kier molecular flexibility index (Phi) is 6.34. The van der Waals surface area contributed by atoms with E-state index in [0.717, 1.165) is 11.8 Å². The van der Waals surface area contributed by atoms with Gasteiger partial charge in [0.25, 0.3) is 0 Å². The molecule has 0 bridgehead atoms. The van der Waals surface area contributed by atoms with Crippen LogP contribution in [0.15, 0.2) is 12.7 Å². The van der Waals surface area contributed by atoms with E-state index in [9.17, 15) is 0 Å². The molecule has 0 spiro atoms. The fraction of sp³-hybridized carbons (Fsp3) is 0.667. The lowest BCUT2D eigenvalue weighted by Gasteiger charge is -1.99. The van der Waals surface area contributed by atoms with Crippen LogP contribution in [0.2, 0.25) is 0 Å². The highest BCUT2D eigenvalue weighted by Gasteiger charge is 1.97. The number of allylic oxidation sites excluding steroid dienone is 1. The highest BCUT2D eigenvalue weighted by Crippen LogP contribution is 2.10. The van der Waals surface area contributed by atoms with Crippen LogP contribution in [-0.4, -0.2) is 10.2 Å². The number of hydrogen-bond acceptors (Lipinski definition) is 0. The van der Waals surface area contributed by atoms with Crippen molar-refractivity contribution in [2.24, 2.45) is 0 Å². The molecule has 0 heterocycles. The molecule has 2 heteroatoms. The van der Waals surface area contributed by atoms with Gasteiger partial charge in [0.1, 0.15) is 0 Å². The molecule has 0 aliphatic rings. The predicted molar refractivity (Wildman–Crippen MR) is 45.9 cm³/mol. The van der Waals surface area contributed by atoms with E-state index in [0.29, 0.717) is 4.83 Å². The normalized spacial score (nSPS) is 13.2. The zero-order chi connectivity index (χ0) is 6.41. The summed E-state index contributed by atoms with van der Waals surface area (Å²) < 4.78 is 0. The molecule has 0 aromatic rings. The fourth-order valence-corrected chi connectivity index (χ4v) is 0.964. The van der Waals surface area contributed by atoms with Crippen molar-refractivity contribution in [3.63, 3.8) is 0 Å². The third-order valence-electron chi connectivity index (χ3n) is 0.851. The lowest BCUT2D eigenvalue weighted by molar-refractivity contribution is 0.857. The topological polar surface area (TPSA) is 0 Å². The Morgan fingerprint density at radius 2 is 2.25 bits per heavy atom. The van der Waals surface area contributed by atoms with Crippen molar-refractivity contribution < 1.29 is 0 Å². The van der Waals surface area contributed by atoms with Crippen LogP contribution in [0, 0.1) is 0 Å². The monoisotopic (exact) mass is 240 g/mol. The second kappa shape index (κ2) is 5.83. The minimum Gasteiger partial charge on any atom is -0.103 e. The molecule has 0 unspecified atom stereocenters. The van der Waals surface area contributed by atoms with E-state index >= 15 is 0 Å². The van der Waals surface area contributed by atoms with Crippen molar-refractivity contribution in [2.75, 3.05) is 5.33 Å². The molecular formula is C6H10Br2. The summed E-state index contributed by atoms with van der Waals surface area (Å²) in [4.78, 5) is 0.612. The first-order valence-corrected chi connectivity index (χ1v) is 4.66. The Morgan fingerprint density at radius 3 is 2.62 bits per heavy atom. The van der Waals surface area contributed by atoms with Gasteiger partial charge in [-0.05, 0) is 12.8 Å². The van der Waals surface area contributed by atoms with E-state index in [4.69, 9.17) is 0 Å². The van der Waals surface area contributed by atoms with Crippen LogP contribution >= 0.6 is 31.9 Å². The van der Waals surface area contributed by atoms with E-state index in [-0.39, 0.29) is 0 Å². The van der Waals surface area contributed by atoms with E-state index in [2.05, 4.69) is 38.4 Å². The average Bonchev–Trinajstić information content (AvgIpc) is 1.83. The van der Waals surface area contributed by atoms with Crippen molar-refractivity contribution in [1.82, 2.24) is 0 Å². The molecule has 0 fully saturated rings. The highest BCUT2D eigenvalue weighted by molar-refractivity contribution is 9.12. The smallest absolute Gasteiger partial charge is 0.0245 e. The third-order valence-corrected chi connectivity index (χ3v) is 3.28. The average molecular weight is 242 g/mol. The molecule has 0 radical (unpaired) electrons. The fourth-order valence-electron chi connectivity index (χ4n) is 0.376. The summed E-state index contributed by atoms with van der Waals surface area (Å²) in [5.74, 6) is 0. The highest BCUT2D eigenvalue weighted by atomic mass is 79.9. The molecule has 0 N–H and O–H groups in total. The van der Waals surface area contributed by atoms with Gasteiger partial charge in [-0.1, -0.05) is 37.9 Å². The molecule has 0 nitrogen and oxygen atoms in total. The van der Waals surface area contributed by atoms with Gasteiger partial charge in [-0.3, -0.25) is 0 Å². The van der Waals surface area contributed by atoms with Gasteiger partial charge in [0.05, 0.1) is 0 Å². The summed E-state index contributed by atoms with van der Waals surface area (Å²) >= 11 is 6.85. The van der Waals surface area contributed by atoms with Crippen LogP contribution in [0.1, 0.15) is 12.8 Å². The van der Waals surface area contributed by atoms with Crippen LogP contribution in [0.4, 0.5) is 0 Å². The quantitative estimate of drug-likeness (QED) is 0.524. The van der Waals surface area contributed by atoms with Crippen molar-refractivity contribution in [3.05, 3.63) is 12.7 Å². The molecule has 0 aromatic heterocycles. The lowest BCUT2D eigenvalue weighted by Crippen LogP contribution is -1.96. The molecule has 0 rings (SSSR count). The molecule has 0 saturated carbocycles. The van der Waals surface area contributed by atoms with Crippen molar-refractivity contribution >= 4 is 31.9 Å². The van der Waals surface area contributed by atoms with Crippen LogP contribution in [0.5, 0.6) is 0 Å². The Hall–Kier alpha value is 0.700. The maximum atomic E-state index is 3.63. The molecule has 0 aliphatic carbocycles. The minimum atomic E-state index is 0.612. The Bertz CT molecular complexity index is 61.5. The Balaban J connectivity index is 2.97. The van der Waals surface area contributed by atoms with Gasteiger partial charge in [-0.2, -0.15) is 0 Å². The maximum absolute atomic E-state index is 3.63. The molecular weight excluding hydrogens is 232 g/mol. The zero-order valence-corrected chi connectivity index (χ0v) is 7.91. The summed E-state index contributed by atoms with van der Waals surface area (Å²) in [7, 11) is 0. The van der Waals surface area contributed by atoms with Gasteiger partial charge in [-0.25, -0.2) is 0 Å². The van der Waals surface area contributed by atoms with Crippen LogP contribution in [-0.2, 0) is 0 Å². The van der Waals surface area contributed by atoms with E-state index in [1.165, 1.54) is 6.42 Å². The van der Waals surface area contributed by atoms with Gasteiger partial charge in [0.15, 0.2) is 0 Å². The molecule has 0 saturated heterocycles. The summed E-state index contributed by atoms with van der Waals surface area (Å²) in [6.07, 6.45) is 4.22. The first kappa shape index (κ1) is 8.70. The standard InChI is InChI=1S/C6H10Br2/c1-2-3-4-6(8)5-7/h2,6H,1,3-5H2/t6-/m0/s1. The summed E-state index contributed by atoms with van der Waals surface area (Å²) in [6, 6.07) is 0. The lowest BCUT2D eigenvalue weighted by atomic mass is 10.2.